The third kappa shape index (κ3) is 5.58. The fraction of sp³-hybridized carbons (Fsp3) is 0.667. The number of ether oxygens (including phenoxy) is 1. The van der Waals surface area contributed by atoms with Gasteiger partial charge in [-0.2, -0.15) is 0 Å². The molecule has 2 aliphatic rings. The highest BCUT2D eigenvalue weighted by molar-refractivity contribution is 7.80. The highest BCUT2D eigenvalue weighted by Gasteiger charge is 2.26. The average Bonchev–Trinajstić information content (AvgIpc) is 2.70. The van der Waals surface area contributed by atoms with E-state index in [0.29, 0.717) is 12.1 Å². The average molecular weight is 377 g/mol. The summed E-state index contributed by atoms with van der Waals surface area (Å²) in [4.78, 5) is 1.68. The van der Waals surface area contributed by atoms with Gasteiger partial charge in [0.1, 0.15) is 11.8 Å². The molecule has 1 atom stereocenters. The Morgan fingerprint density at radius 1 is 1.08 bits per heavy atom. The number of likely N-dealkylation sites (tertiary alicyclic amines) is 1. The van der Waals surface area contributed by atoms with E-state index >= 15 is 0 Å². The first-order valence-electron chi connectivity index (χ1n) is 10.3. The molecule has 1 heterocycles. The van der Waals surface area contributed by atoms with Crippen molar-refractivity contribution in [2.24, 2.45) is 0 Å². The second-order valence-corrected chi connectivity index (χ2v) is 8.14. The first-order valence-corrected chi connectivity index (χ1v) is 10.7. The zero-order valence-corrected chi connectivity index (χ0v) is 16.9. The number of methoxy groups -OCH3 is 1. The second-order valence-electron chi connectivity index (χ2n) is 7.73. The number of thiocarbonyl (C=S) groups is 1. The summed E-state index contributed by atoms with van der Waals surface area (Å²) in [6, 6.07) is 9.57. The second kappa shape index (κ2) is 10.1. The van der Waals surface area contributed by atoms with Gasteiger partial charge in [-0.3, -0.25) is 0 Å². The summed E-state index contributed by atoms with van der Waals surface area (Å²) >= 11 is 5.59. The molecule has 1 aliphatic heterocycles. The molecule has 4 nitrogen and oxygen atoms in total. The van der Waals surface area contributed by atoms with E-state index < -0.39 is 0 Å². The predicted molar refractivity (Wildman–Crippen MR) is 111 cm³/mol. The fourth-order valence-corrected chi connectivity index (χ4v) is 4.62. The van der Waals surface area contributed by atoms with E-state index in [0.717, 1.165) is 17.4 Å². The monoisotopic (exact) mass is 376 g/mol. The van der Waals surface area contributed by atoms with Crippen LogP contribution in [0.5, 0.6) is 5.75 Å². The molecule has 1 saturated carbocycles. The van der Waals surface area contributed by atoms with Crippen LogP contribution in [0.15, 0.2) is 24.3 Å². The highest BCUT2D eigenvalue weighted by atomic mass is 32.1. The minimum atomic E-state index is 0.437. The first-order chi connectivity index (χ1) is 12.8. The number of quaternary nitrogens is 1. The quantitative estimate of drug-likeness (QED) is 0.667. The molecule has 0 aromatic heterocycles. The van der Waals surface area contributed by atoms with Crippen molar-refractivity contribution >= 4 is 17.3 Å². The Bertz CT molecular complexity index is 551. The van der Waals surface area contributed by atoms with E-state index in [1.54, 1.807) is 12.0 Å². The Labute approximate surface area is 163 Å². The molecule has 0 bridgehead atoms. The summed E-state index contributed by atoms with van der Waals surface area (Å²) in [7, 11) is 1.72. The van der Waals surface area contributed by atoms with Crippen molar-refractivity contribution in [3.05, 3.63) is 29.8 Å². The third-order valence-corrected chi connectivity index (χ3v) is 6.18. The van der Waals surface area contributed by atoms with Gasteiger partial charge in [0.15, 0.2) is 5.11 Å². The molecule has 3 N–H and O–H groups in total. The fourth-order valence-electron chi connectivity index (χ4n) is 4.37. The number of piperidine rings is 1. The first kappa shape index (κ1) is 19.4. The molecule has 1 saturated heterocycles. The van der Waals surface area contributed by atoms with E-state index in [1.165, 1.54) is 70.0 Å². The maximum absolute atomic E-state index is 5.59. The number of nitrogens with one attached hydrogen (secondary N) is 3. The van der Waals surface area contributed by atoms with Crippen molar-refractivity contribution in [3.8, 4) is 5.75 Å². The predicted octanol–water partition coefficient (Wildman–Crippen LogP) is 2.60. The summed E-state index contributed by atoms with van der Waals surface area (Å²) in [5.74, 6) is 0.920. The maximum Gasteiger partial charge on any atom is 0.166 e. The van der Waals surface area contributed by atoms with E-state index in [4.69, 9.17) is 17.0 Å². The van der Waals surface area contributed by atoms with Crippen LogP contribution in [0.2, 0.25) is 0 Å². The van der Waals surface area contributed by atoms with Crippen LogP contribution in [0.1, 0.15) is 63.0 Å². The topological polar surface area (TPSA) is 37.7 Å². The number of benzene rings is 1. The largest absolute Gasteiger partial charge is 0.497 e. The van der Waals surface area contributed by atoms with Crippen LogP contribution >= 0.6 is 12.2 Å². The molecule has 26 heavy (non-hydrogen) atoms. The molecule has 0 radical (unpaired) electrons. The Morgan fingerprint density at radius 3 is 2.38 bits per heavy atom. The van der Waals surface area contributed by atoms with Gasteiger partial charge in [0.2, 0.25) is 0 Å². The lowest BCUT2D eigenvalue weighted by molar-refractivity contribution is -0.934. The lowest BCUT2D eigenvalue weighted by atomic mass is 9.96. The van der Waals surface area contributed by atoms with E-state index in [2.05, 4.69) is 34.9 Å². The van der Waals surface area contributed by atoms with Crippen LogP contribution in [0.4, 0.5) is 0 Å². The van der Waals surface area contributed by atoms with Crippen molar-refractivity contribution < 1.29 is 9.64 Å². The van der Waals surface area contributed by atoms with Gasteiger partial charge >= 0.3 is 0 Å². The highest BCUT2D eigenvalue weighted by Crippen LogP contribution is 2.18. The standard InChI is InChI=1S/C21H33N3OS/c1-25-19-12-10-17(11-13-19)20(24-14-6-3-7-15-24)16-22-21(26)23-18-8-4-2-5-9-18/h10-13,18,20H,2-9,14-16H2,1H3,(H2,22,23,26)/p+1/t20-/m0/s1. The van der Waals surface area contributed by atoms with Crippen LogP contribution in [-0.2, 0) is 0 Å². The molecular formula is C21H34N3OS+. The summed E-state index contributed by atoms with van der Waals surface area (Å²) in [6.45, 7) is 3.39. The van der Waals surface area contributed by atoms with Gasteiger partial charge in [-0.25, -0.2) is 0 Å². The summed E-state index contributed by atoms with van der Waals surface area (Å²) in [6.07, 6.45) is 10.5. The van der Waals surface area contributed by atoms with Crippen molar-refractivity contribution in [1.29, 1.82) is 0 Å². The molecule has 0 spiro atoms. The van der Waals surface area contributed by atoms with Gasteiger partial charge in [0.25, 0.3) is 0 Å². The smallest absolute Gasteiger partial charge is 0.166 e. The lowest BCUT2D eigenvalue weighted by Crippen LogP contribution is -3.13. The number of hydrogen-bond acceptors (Lipinski definition) is 2. The maximum atomic E-state index is 5.59. The Kier molecular flexibility index (Phi) is 7.56. The van der Waals surface area contributed by atoms with Crippen molar-refractivity contribution in [2.45, 2.75) is 63.5 Å². The van der Waals surface area contributed by atoms with Crippen LogP contribution in [0.25, 0.3) is 0 Å². The molecule has 2 fully saturated rings. The third-order valence-electron chi connectivity index (χ3n) is 5.91. The lowest BCUT2D eigenvalue weighted by Gasteiger charge is -2.33. The van der Waals surface area contributed by atoms with Crippen molar-refractivity contribution in [2.75, 3.05) is 26.7 Å². The Balaban J connectivity index is 1.59. The summed E-state index contributed by atoms with van der Waals surface area (Å²) in [5.41, 5.74) is 1.37. The molecule has 0 unspecified atom stereocenters. The summed E-state index contributed by atoms with van der Waals surface area (Å²) < 4.78 is 5.32. The number of rotatable bonds is 6. The van der Waals surface area contributed by atoms with Crippen molar-refractivity contribution in [1.82, 2.24) is 10.6 Å². The Hall–Kier alpha value is -1.33. The molecule has 0 amide bonds. The van der Waals surface area contributed by atoms with E-state index in [1.807, 2.05) is 0 Å². The van der Waals surface area contributed by atoms with Gasteiger partial charge in [-0.05, 0) is 68.6 Å². The Morgan fingerprint density at radius 2 is 1.73 bits per heavy atom. The minimum Gasteiger partial charge on any atom is -0.497 e. The van der Waals surface area contributed by atoms with Crippen molar-refractivity contribution in [3.63, 3.8) is 0 Å². The molecule has 1 aliphatic carbocycles. The summed E-state index contributed by atoms with van der Waals surface area (Å²) in [5, 5.41) is 7.89. The molecule has 5 heteroatoms. The van der Waals surface area contributed by atoms with Crippen LogP contribution in [-0.4, -0.2) is 37.9 Å². The zero-order valence-electron chi connectivity index (χ0n) is 16.1. The minimum absolute atomic E-state index is 0.437. The van der Waals surface area contributed by atoms with E-state index in [-0.39, 0.29) is 0 Å². The molecule has 1 aromatic carbocycles. The normalized spacial score (nSPS) is 20.3. The van der Waals surface area contributed by atoms with Gasteiger partial charge < -0.3 is 20.3 Å². The zero-order chi connectivity index (χ0) is 18.2. The molecular weight excluding hydrogens is 342 g/mol. The SMILES string of the molecule is COc1ccc([C@H](CNC(=S)NC2CCCCC2)[NH+]2CCCCC2)cc1. The van der Waals surface area contributed by atoms with Crippen LogP contribution in [0.3, 0.4) is 0 Å². The van der Waals surface area contributed by atoms with Gasteiger partial charge in [0, 0.05) is 11.6 Å². The van der Waals surface area contributed by atoms with Crippen LogP contribution in [0, 0.1) is 0 Å². The number of hydrogen-bond donors (Lipinski definition) is 3. The molecule has 144 valence electrons. The molecule has 1 aromatic rings. The van der Waals surface area contributed by atoms with Gasteiger partial charge in [0.05, 0.1) is 26.7 Å². The molecule has 3 rings (SSSR count). The van der Waals surface area contributed by atoms with Gasteiger partial charge in [-0.1, -0.05) is 19.3 Å². The van der Waals surface area contributed by atoms with Crippen LogP contribution < -0.4 is 20.3 Å². The van der Waals surface area contributed by atoms with Gasteiger partial charge in [-0.15, -0.1) is 0 Å². The van der Waals surface area contributed by atoms with E-state index in [9.17, 15) is 0 Å².